The highest BCUT2D eigenvalue weighted by Gasteiger charge is 2.14. The van der Waals surface area contributed by atoms with Crippen molar-refractivity contribution < 1.29 is 9.18 Å². The molecule has 6 nitrogen and oxygen atoms in total. The molecule has 0 aliphatic heterocycles. The van der Waals surface area contributed by atoms with Crippen LogP contribution in [0, 0.1) is 5.82 Å². The first-order valence-electron chi connectivity index (χ1n) is 8.33. The molecule has 28 heavy (non-hydrogen) atoms. The van der Waals surface area contributed by atoms with Gasteiger partial charge in [0.05, 0.1) is 11.5 Å². The van der Waals surface area contributed by atoms with Crippen LogP contribution in [0.25, 0.3) is 0 Å². The van der Waals surface area contributed by atoms with E-state index in [1.54, 1.807) is 41.5 Å². The van der Waals surface area contributed by atoms with E-state index in [2.05, 4.69) is 27.1 Å². The van der Waals surface area contributed by atoms with Crippen LogP contribution in [0.3, 0.4) is 0 Å². The molecule has 2 aromatic heterocycles. The summed E-state index contributed by atoms with van der Waals surface area (Å²) in [5.74, 6) is 1.75. The highest BCUT2D eigenvalue weighted by molar-refractivity contribution is 7.99. The normalized spacial score (nSPS) is 10.8. The van der Waals surface area contributed by atoms with Crippen LogP contribution < -0.4 is 5.32 Å². The summed E-state index contributed by atoms with van der Waals surface area (Å²) >= 11 is 4.24. The third kappa shape index (κ3) is 5.66. The van der Waals surface area contributed by atoms with E-state index in [0.717, 1.165) is 5.82 Å². The number of hydrogen-bond donors (Lipinski definition) is 1. The lowest BCUT2D eigenvalue weighted by atomic mass is 10.2. The fourth-order valence-electron chi connectivity index (χ4n) is 2.28. The Balaban J connectivity index is 1.57. The molecule has 1 aromatic carbocycles. The van der Waals surface area contributed by atoms with E-state index < -0.39 is 0 Å². The number of benzene rings is 1. The Morgan fingerprint density at radius 3 is 2.93 bits per heavy atom. The van der Waals surface area contributed by atoms with E-state index in [0.29, 0.717) is 33.9 Å². The number of anilines is 1. The summed E-state index contributed by atoms with van der Waals surface area (Å²) in [7, 11) is 0. The zero-order chi connectivity index (χ0) is 19.8. The topological polar surface area (TPSA) is 72.7 Å². The quantitative estimate of drug-likeness (QED) is 0.380. The van der Waals surface area contributed by atoms with E-state index in [9.17, 15) is 9.18 Å². The first-order chi connectivity index (χ1) is 13.7. The minimum atomic E-state index is -0.204. The van der Waals surface area contributed by atoms with Crippen LogP contribution in [0.1, 0.15) is 11.4 Å². The van der Waals surface area contributed by atoms with Crippen molar-refractivity contribution in [2.75, 3.05) is 11.1 Å². The predicted octanol–water partition coefficient (Wildman–Crippen LogP) is 4.22. The zero-order valence-electron chi connectivity index (χ0n) is 14.9. The standard InChI is InChI=1S/C18H18FN5OS3/c1-2-8-24-15(11-26-10-13-5-3-4-6-14(13)19)22-23-18(24)28-12-16(25)21-17-20-7-9-27-17/h2-7,9H,1,8,10-12H2,(H,20,21,25). The molecule has 0 aliphatic rings. The molecule has 0 fully saturated rings. The molecule has 0 unspecified atom stereocenters. The number of carbonyl (C=O) groups is 1. The van der Waals surface area contributed by atoms with Gasteiger partial charge in [0.2, 0.25) is 5.91 Å². The summed E-state index contributed by atoms with van der Waals surface area (Å²) in [6, 6.07) is 6.74. The number of thioether (sulfide) groups is 2. The van der Waals surface area contributed by atoms with Gasteiger partial charge in [-0.2, -0.15) is 0 Å². The molecule has 0 radical (unpaired) electrons. The lowest BCUT2D eigenvalue weighted by Crippen LogP contribution is -2.14. The molecule has 3 aromatic rings. The number of thiazole rings is 1. The Morgan fingerprint density at radius 1 is 1.32 bits per heavy atom. The SMILES string of the molecule is C=CCn1c(CSCc2ccccc2F)nnc1SCC(=O)Nc1nccs1. The first kappa shape index (κ1) is 20.6. The van der Waals surface area contributed by atoms with Crippen LogP contribution in [0.15, 0.2) is 53.7 Å². The fraction of sp³-hybridized carbons (Fsp3) is 0.222. The van der Waals surface area contributed by atoms with Crippen LogP contribution in [-0.2, 0) is 22.8 Å². The Bertz CT molecular complexity index is 929. The van der Waals surface area contributed by atoms with Gasteiger partial charge >= 0.3 is 0 Å². The second-order valence-electron chi connectivity index (χ2n) is 5.56. The summed E-state index contributed by atoms with van der Waals surface area (Å²) in [6.45, 7) is 4.31. The monoisotopic (exact) mass is 435 g/mol. The Hall–Kier alpha value is -2.17. The Morgan fingerprint density at radius 2 is 2.18 bits per heavy atom. The smallest absolute Gasteiger partial charge is 0.236 e. The maximum Gasteiger partial charge on any atom is 0.236 e. The summed E-state index contributed by atoms with van der Waals surface area (Å²) in [6.07, 6.45) is 3.40. The van der Waals surface area contributed by atoms with E-state index in [4.69, 9.17) is 0 Å². The summed E-state index contributed by atoms with van der Waals surface area (Å²) in [4.78, 5) is 16.1. The van der Waals surface area contributed by atoms with Crippen LogP contribution in [0.2, 0.25) is 0 Å². The van der Waals surface area contributed by atoms with Gasteiger partial charge in [0.1, 0.15) is 11.6 Å². The van der Waals surface area contributed by atoms with E-state index in [-0.39, 0.29) is 17.5 Å². The number of amides is 1. The van der Waals surface area contributed by atoms with Gasteiger partial charge in [-0.15, -0.1) is 39.9 Å². The van der Waals surface area contributed by atoms with Gasteiger partial charge in [-0.1, -0.05) is 36.0 Å². The Labute approximate surface area is 174 Å². The van der Waals surface area contributed by atoms with Crippen LogP contribution in [-0.4, -0.2) is 31.4 Å². The highest BCUT2D eigenvalue weighted by atomic mass is 32.2. The second-order valence-corrected chi connectivity index (χ2v) is 8.38. The lowest BCUT2D eigenvalue weighted by molar-refractivity contribution is -0.113. The van der Waals surface area contributed by atoms with Crippen molar-refractivity contribution in [2.24, 2.45) is 0 Å². The number of halogens is 1. The van der Waals surface area contributed by atoms with E-state index in [1.807, 2.05) is 10.6 Å². The number of carbonyl (C=O) groups excluding carboxylic acids is 1. The molecule has 0 bridgehead atoms. The van der Waals surface area contributed by atoms with Gasteiger partial charge in [-0.25, -0.2) is 9.37 Å². The molecule has 0 aliphatic carbocycles. The first-order valence-corrected chi connectivity index (χ1v) is 11.4. The van der Waals surface area contributed by atoms with Gasteiger partial charge < -0.3 is 9.88 Å². The van der Waals surface area contributed by atoms with Crippen LogP contribution in [0.5, 0.6) is 0 Å². The summed E-state index contributed by atoms with van der Waals surface area (Å²) in [5.41, 5.74) is 0.663. The number of nitrogens with zero attached hydrogens (tertiary/aromatic N) is 4. The largest absolute Gasteiger partial charge is 0.301 e. The fourth-order valence-corrected chi connectivity index (χ4v) is 4.55. The average Bonchev–Trinajstić information content (AvgIpc) is 3.32. The number of aromatic nitrogens is 4. The maximum atomic E-state index is 13.7. The highest BCUT2D eigenvalue weighted by Crippen LogP contribution is 2.23. The summed E-state index contributed by atoms with van der Waals surface area (Å²) < 4.78 is 15.6. The minimum Gasteiger partial charge on any atom is -0.301 e. The third-order valence-electron chi connectivity index (χ3n) is 3.56. The average molecular weight is 436 g/mol. The van der Waals surface area contributed by atoms with Gasteiger partial charge in [-0.05, 0) is 11.6 Å². The van der Waals surface area contributed by atoms with Gasteiger partial charge in [0, 0.05) is 23.9 Å². The van der Waals surface area contributed by atoms with Crippen LogP contribution >= 0.6 is 34.9 Å². The van der Waals surface area contributed by atoms with Crippen LogP contribution in [0.4, 0.5) is 9.52 Å². The molecule has 10 heteroatoms. The number of hydrogen-bond acceptors (Lipinski definition) is 7. The molecule has 0 saturated heterocycles. The van der Waals surface area contributed by atoms with Crippen molar-refractivity contribution in [3.05, 3.63) is 65.7 Å². The molecule has 0 saturated carbocycles. The molecule has 146 valence electrons. The molecule has 1 N–H and O–H groups in total. The zero-order valence-corrected chi connectivity index (χ0v) is 17.3. The minimum absolute atomic E-state index is 0.149. The Kier molecular flexibility index (Phi) is 7.63. The predicted molar refractivity (Wildman–Crippen MR) is 113 cm³/mol. The maximum absolute atomic E-state index is 13.7. The van der Waals surface area contributed by atoms with E-state index >= 15 is 0 Å². The van der Waals surface area contributed by atoms with Gasteiger partial charge in [-0.3, -0.25) is 4.79 Å². The van der Waals surface area contributed by atoms with Crippen molar-refractivity contribution in [1.29, 1.82) is 0 Å². The van der Waals surface area contributed by atoms with Gasteiger partial charge in [0.15, 0.2) is 10.3 Å². The molecule has 2 heterocycles. The summed E-state index contributed by atoms with van der Waals surface area (Å²) in [5, 5.41) is 14.2. The van der Waals surface area contributed by atoms with Crippen molar-refractivity contribution in [3.8, 4) is 0 Å². The van der Waals surface area contributed by atoms with Gasteiger partial charge in [0.25, 0.3) is 0 Å². The molecule has 0 spiro atoms. The molecule has 1 amide bonds. The number of rotatable bonds is 10. The second kappa shape index (κ2) is 10.4. The molecule has 3 rings (SSSR count). The molecular formula is C18H18FN5OS3. The number of allylic oxidation sites excluding steroid dienone is 1. The number of nitrogens with one attached hydrogen (secondary N) is 1. The van der Waals surface area contributed by atoms with Crippen molar-refractivity contribution in [3.63, 3.8) is 0 Å². The van der Waals surface area contributed by atoms with Crippen molar-refractivity contribution >= 4 is 45.9 Å². The van der Waals surface area contributed by atoms with Crippen molar-refractivity contribution in [1.82, 2.24) is 19.7 Å². The molecule has 0 atom stereocenters. The molecular weight excluding hydrogens is 417 g/mol. The lowest BCUT2D eigenvalue weighted by Gasteiger charge is -2.08. The van der Waals surface area contributed by atoms with Crippen molar-refractivity contribution in [2.45, 2.75) is 23.2 Å². The third-order valence-corrected chi connectivity index (χ3v) is 6.20. The van der Waals surface area contributed by atoms with E-state index in [1.165, 1.54) is 29.2 Å².